The molecule has 3 atom stereocenters. The van der Waals surface area contributed by atoms with Crippen LogP contribution in [0.15, 0.2) is 0 Å². The Kier molecular flexibility index (Phi) is 6.80. The summed E-state index contributed by atoms with van der Waals surface area (Å²) in [5, 5.41) is 3.07. The number of rotatable bonds is 9. The highest BCUT2D eigenvalue weighted by Gasteiger charge is 2.29. The highest BCUT2D eigenvalue weighted by atomic mass is 16.1. The van der Waals surface area contributed by atoms with E-state index in [9.17, 15) is 4.79 Å². The molecule has 0 spiro atoms. The normalized spacial score (nSPS) is 20.1. The summed E-state index contributed by atoms with van der Waals surface area (Å²) < 4.78 is 0. The first kappa shape index (κ1) is 16.4. The Balaban J connectivity index is 2.14. The number of hydrogen-bond acceptors (Lipinski definition) is 3. The zero-order valence-corrected chi connectivity index (χ0v) is 13.0. The van der Waals surface area contributed by atoms with Crippen LogP contribution in [0.1, 0.15) is 52.9 Å². The molecule has 19 heavy (non-hydrogen) atoms. The van der Waals surface area contributed by atoms with Crippen molar-refractivity contribution in [2.24, 2.45) is 11.7 Å². The van der Waals surface area contributed by atoms with Crippen LogP contribution in [0.25, 0.3) is 0 Å². The van der Waals surface area contributed by atoms with Gasteiger partial charge in [0.25, 0.3) is 0 Å². The highest BCUT2D eigenvalue weighted by molar-refractivity contribution is 5.78. The zero-order chi connectivity index (χ0) is 14.4. The average molecular weight is 269 g/mol. The molecule has 4 nitrogen and oxygen atoms in total. The van der Waals surface area contributed by atoms with Crippen LogP contribution in [-0.2, 0) is 4.79 Å². The van der Waals surface area contributed by atoms with E-state index in [4.69, 9.17) is 5.73 Å². The number of nitrogens with two attached hydrogens (primary N) is 1. The fourth-order valence-electron chi connectivity index (χ4n) is 2.29. The second-order valence-electron chi connectivity index (χ2n) is 6.30. The van der Waals surface area contributed by atoms with Gasteiger partial charge in [-0.2, -0.15) is 0 Å². The summed E-state index contributed by atoms with van der Waals surface area (Å²) in [7, 11) is 2.15. The summed E-state index contributed by atoms with van der Waals surface area (Å²) in [6.07, 6.45) is 5.58. The van der Waals surface area contributed by atoms with Crippen LogP contribution in [0.3, 0.4) is 0 Å². The maximum atomic E-state index is 12.0. The van der Waals surface area contributed by atoms with Crippen molar-refractivity contribution in [3.63, 3.8) is 0 Å². The van der Waals surface area contributed by atoms with E-state index in [1.807, 2.05) is 13.8 Å². The summed E-state index contributed by atoms with van der Waals surface area (Å²) in [4.78, 5) is 14.3. The van der Waals surface area contributed by atoms with Crippen molar-refractivity contribution in [1.29, 1.82) is 0 Å². The van der Waals surface area contributed by atoms with E-state index < -0.39 is 0 Å². The van der Waals surface area contributed by atoms with E-state index in [0.29, 0.717) is 6.04 Å². The van der Waals surface area contributed by atoms with Crippen molar-refractivity contribution in [2.75, 3.05) is 13.6 Å². The lowest BCUT2D eigenvalue weighted by molar-refractivity contribution is -0.124. The molecule has 1 aliphatic rings. The molecule has 1 amide bonds. The highest BCUT2D eigenvalue weighted by Crippen LogP contribution is 2.26. The number of hydrogen-bond donors (Lipinski definition) is 2. The van der Waals surface area contributed by atoms with Crippen molar-refractivity contribution in [3.05, 3.63) is 0 Å². The van der Waals surface area contributed by atoms with Crippen LogP contribution in [0.2, 0.25) is 0 Å². The third-order valence-electron chi connectivity index (χ3n) is 4.13. The topological polar surface area (TPSA) is 58.4 Å². The molecule has 0 aromatic heterocycles. The molecule has 0 aromatic rings. The summed E-state index contributed by atoms with van der Waals surface area (Å²) >= 11 is 0. The third kappa shape index (κ3) is 6.39. The fraction of sp³-hybridized carbons (Fsp3) is 0.933. The molecule has 0 aliphatic heterocycles. The first-order chi connectivity index (χ1) is 8.91. The lowest BCUT2D eigenvalue weighted by atomic mass is 10.0. The molecule has 0 saturated heterocycles. The molecule has 112 valence electrons. The van der Waals surface area contributed by atoms with Crippen molar-refractivity contribution in [3.8, 4) is 0 Å². The van der Waals surface area contributed by atoms with Crippen molar-refractivity contribution < 1.29 is 4.79 Å². The third-order valence-corrected chi connectivity index (χ3v) is 4.13. The van der Waals surface area contributed by atoms with Crippen molar-refractivity contribution >= 4 is 5.91 Å². The molecule has 1 saturated carbocycles. The van der Waals surface area contributed by atoms with Gasteiger partial charge in [0.2, 0.25) is 5.91 Å². The quantitative estimate of drug-likeness (QED) is 0.670. The number of amides is 1. The number of nitrogens with one attached hydrogen (secondary N) is 1. The van der Waals surface area contributed by atoms with Crippen LogP contribution in [0, 0.1) is 5.92 Å². The summed E-state index contributed by atoms with van der Waals surface area (Å²) in [6.45, 7) is 6.95. The molecule has 0 heterocycles. The second kappa shape index (κ2) is 7.85. The van der Waals surface area contributed by atoms with E-state index in [-0.39, 0.29) is 17.9 Å². The minimum absolute atomic E-state index is 0.0946. The zero-order valence-electron chi connectivity index (χ0n) is 13.0. The maximum absolute atomic E-state index is 12.0. The van der Waals surface area contributed by atoms with Gasteiger partial charge in [-0.05, 0) is 46.6 Å². The summed E-state index contributed by atoms with van der Waals surface area (Å²) in [5.74, 6) is 0.276. The van der Waals surface area contributed by atoms with Crippen LogP contribution in [0.4, 0.5) is 0 Å². The van der Waals surface area contributed by atoms with Gasteiger partial charge in [-0.15, -0.1) is 0 Å². The van der Waals surface area contributed by atoms with E-state index >= 15 is 0 Å². The Bertz CT molecular complexity index is 277. The van der Waals surface area contributed by atoms with Crippen molar-refractivity contribution in [2.45, 2.75) is 71.0 Å². The van der Waals surface area contributed by atoms with Gasteiger partial charge >= 0.3 is 0 Å². The largest absolute Gasteiger partial charge is 0.354 e. The second-order valence-corrected chi connectivity index (χ2v) is 6.30. The van der Waals surface area contributed by atoms with E-state index in [0.717, 1.165) is 31.8 Å². The minimum atomic E-state index is 0.0946. The fourth-order valence-corrected chi connectivity index (χ4v) is 2.29. The standard InChI is InChI=1S/C15H31N3O/c1-11(6-5-7-12(2)16)15(19)17-10-13(3)18(4)14-8-9-14/h11-14H,5-10,16H2,1-4H3,(H,17,19). The average Bonchev–Trinajstić information content (AvgIpc) is 3.18. The predicted molar refractivity (Wildman–Crippen MR) is 79.9 cm³/mol. The summed E-state index contributed by atoms with van der Waals surface area (Å²) in [5.41, 5.74) is 5.71. The Labute approximate surface area is 118 Å². The molecule has 1 rings (SSSR count). The smallest absolute Gasteiger partial charge is 0.222 e. The van der Waals surface area contributed by atoms with Gasteiger partial charge < -0.3 is 11.1 Å². The van der Waals surface area contributed by atoms with Crippen LogP contribution in [0.5, 0.6) is 0 Å². The minimum Gasteiger partial charge on any atom is -0.354 e. The van der Waals surface area contributed by atoms with Gasteiger partial charge in [-0.3, -0.25) is 9.69 Å². The molecule has 4 heteroatoms. The first-order valence-electron chi connectivity index (χ1n) is 7.67. The first-order valence-corrected chi connectivity index (χ1v) is 7.67. The SMILES string of the molecule is CC(N)CCCC(C)C(=O)NCC(C)N(C)C1CC1. The van der Waals surface area contributed by atoms with Gasteiger partial charge in [0.1, 0.15) is 0 Å². The molecule has 0 aromatic carbocycles. The number of nitrogens with zero attached hydrogens (tertiary/aromatic N) is 1. The van der Waals surface area contributed by atoms with Gasteiger partial charge in [0.05, 0.1) is 0 Å². The maximum Gasteiger partial charge on any atom is 0.222 e. The summed E-state index contributed by atoms with van der Waals surface area (Å²) in [6, 6.07) is 1.41. The molecule has 1 fully saturated rings. The van der Waals surface area contributed by atoms with Gasteiger partial charge in [-0.1, -0.05) is 13.3 Å². The Morgan fingerprint density at radius 1 is 1.32 bits per heavy atom. The number of carbonyl (C=O) groups is 1. The monoisotopic (exact) mass is 269 g/mol. The molecular formula is C15H31N3O. The predicted octanol–water partition coefficient (Wildman–Crippen LogP) is 1.74. The van der Waals surface area contributed by atoms with Crippen LogP contribution >= 0.6 is 0 Å². The van der Waals surface area contributed by atoms with E-state index in [1.54, 1.807) is 0 Å². The van der Waals surface area contributed by atoms with Crippen molar-refractivity contribution in [1.82, 2.24) is 10.2 Å². The van der Waals surface area contributed by atoms with Crippen LogP contribution in [-0.4, -0.2) is 42.5 Å². The number of likely N-dealkylation sites (N-methyl/N-ethyl adjacent to an activating group) is 1. The lowest BCUT2D eigenvalue weighted by Crippen LogP contribution is -2.42. The van der Waals surface area contributed by atoms with E-state index in [1.165, 1.54) is 12.8 Å². The Morgan fingerprint density at radius 2 is 1.95 bits per heavy atom. The molecule has 0 bridgehead atoms. The van der Waals surface area contributed by atoms with Gasteiger partial charge in [0.15, 0.2) is 0 Å². The van der Waals surface area contributed by atoms with Crippen LogP contribution < -0.4 is 11.1 Å². The Hall–Kier alpha value is -0.610. The molecule has 1 aliphatic carbocycles. The van der Waals surface area contributed by atoms with Gasteiger partial charge in [-0.25, -0.2) is 0 Å². The molecule has 0 radical (unpaired) electrons. The van der Waals surface area contributed by atoms with E-state index in [2.05, 4.69) is 24.2 Å². The molecule has 3 unspecified atom stereocenters. The molecular weight excluding hydrogens is 238 g/mol. The lowest BCUT2D eigenvalue weighted by Gasteiger charge is -2.25. The Morgan fingerprint density at radius 3 is 2.47 bits per heavy atom. The van der Waals surface area contributed by atoms with Gasteiger partial charge in [0, 0.05) is 30.6 Å². The molecule has 3 N–H and O–H groups in total. The number of carbonyl (C=O) groups excluding carboxylic acids is 1.